The summed E-state index contributed by atoms with van der Waals surface area (Å²) in [6, 6.07) is 1.69. The third kappa shape index (κ3) is 0.361. The molecule has 0 spiro atoms. The zero-order valence-corrected chi connectivity index (χ0v) is 4.63. The van der Waals surface area contributed by atoms with Crippen molar-refractivity contribution in [2.24, 2.45) is 0 Å². The van der Waals surface area contributed by atoms with Gasteiger partial charge in [0, 0.05) is 12.1 Å². The van der Waals surface area contributed by atoms with Gasteiger partial charge in [0.15, 0.2) is 0 Å². The van der Waals surface area contributed by atoms with Gasteiger partial charge in [-0.25, -0.2) is 0 Å². The fraction of sp³-hybridized carbons (Fsp3) is 1.00. The van der Waals surface area contributed by atoms with E-state index in [-0.39, 0.29) is 0 Å². The van der Waals surface area contributed by atoms with Crippen molar-refractivity contribution in [1.29, 1.82) is 0 Å². The fourth-order valence-corrected chi connectivity index (χ4v) is 1.78. The molecule has 3 rings (SSSR count). The summed E-state index contributed by atoms with van der Waals surface area (Å²) in [6.07, 6.45) is 3.89. The van der Waals surface area contributed by atoms with Crippen molar-refractivity contribution in [3.8, 4) is 0 Å². The molecule has 2 aliphatic heterocycles. The predicted molar refractivity (Wildman–Crippen MR) is 28.6 cm³/mol. The van der Waals surface area contributed by atoms with Crippen LogP contribution in [0.2, 0.25) is 0 Å². The Bertz CT molecular complexity index is 108. The van der Waals surface area contributed by atoms with Gasteiger partial charge < -0.3 is 10.1 Å². The lowest BCUT2D eigenvalue weighted by molar-refractivity contribution is 0.365. The average molecular weight is 111 g/mol. The van der Waals surface area contributed by atoms with Gasteiger partial charge >= 0.3 is 0 Å². The van der Waals surface area contributed by atoms with Gasteiger partial charge in [0.05, 0.1) is 12.2 Å². The standard InChI is InChI=1S/C6H9NO/c1-3-4(7-3)2-6-5(1)8-6/h3-7H,1-2H2/t3-,4+,5-,6+. The summed E-state index contributed by atoms with van der Waals surface area (Å²) in [5.74, 6) is 0. The van der Waals surface area contributed by atoms with Crippen LogP contribution in [-0.4, -0.2) is 24.3 Å². The number of hydrogen-bond donors (Lipinski definition) is 1. The van der Waals surface area contributed by atoms with Crippen LogP contribution < -0.4 is 5.32 Å². The molecule has 0 aromatic heterocycles. The highest BCUT2D eigenvalue weighted by Crippen LogP contribution is 2.41. The first-order valence-electron chi connectivity index (χ1n) is 3.35. The van der Waals surface area contributed by atoms with Crippen molar-refractivity contribution < 1.29 is 4.74 Å². The molecule has 8 heavy (non-hydrogen) atoms. The maximum atomic E-state index is 5.34. The topological polar surface area (TPSA) is 34.5 Å². The van der Waals surface area contributed by atoms with Crippen LogP contribution in [0.4, 0.5) is 0 Å². The number of hydrogen-bond acceptors (Lipinski definition) is 2. The van der Waals surface area contributed by atoms with E-state index < -0.39 is 0 Å². The number of fused-ring (bicyclic) bond motifs is 2. The Balaban J connectivity index is 1.85. The molecule has 1 saturated carbocycles. The lowest BCUT2D eigenvalue weighted by Gasteiger charge is -1.97. The van der Waals surface area contributed by atoms with Crippen LogP contribution >= 0.6 is 0 Å². The lowest BCUT2D eigenvalue weighted by Crippen LogP contribution is -2.10. The van der Waals surface area contributed by atoms with E-state index in [4.69, 9.17) is 4.74 Å². The van der Waals surface area contributed by atoms with Crippen LogP contribution in [0.25, 0.3) is 0 Å². The van der Waals surface area contributed by atoms with Crippen molar-refractivity contribution in [3.63, 3.8) is 0 Å². The molecule has 0 bridgehead atoms. The molecule has 0 radical (unpaired) electrons. The van der Waals surface area contributed by atoms with Crippen LogP contribution in [-0.2, 0) is 4.74 Å². The molecule has 0 aromatic carbocycles. The van der Waals surface area contributed by atoms with Gasteiger partial charge in [-0.3, -0.25) is 0 Å². The van der Waals surface area contributed by atoms with E-state index in [0.717, 1.165) is 12.1 Å². The molecule has 1 aliphatic carbocycles. The third-order valence-electron chi connectivity index (χ3n) is 2.46. The molecule has 4 atom stereocenters. The molecule has 44 valence electrons. The second-order valence-corrected chi connectivity index (χ2v) is 3.06. The lowest BCUT2D eigenvalue weighted by atomic mass is 10.0. The smallest absolute Gasteiger partial charge is 0.0858 e. The quantitative estimate of drug-likeness (QED) is 0.442. The Labute approximate surface area is 48.2 Å². The van der Waals surface area contributed by atoms with E-state index in [0.29, 0.717) is 12.2 Å². The zero-order chi connectivity index (χ0) is 5.14. The maximum Gasteiger partial charge on any atom is 0.0858 e. The Kier molecular flexibility index (Phi) is 0.461. The number of rotatable bonds is 0. The maximum absolute atomic E-state index is 5.34. The summed E-state index contributed by atoms with van der Waals surface area (Å²) in [4.78, 5) is 0. The Morgan fingerprint density at radius 3 is 2.38 bits per heavy atom. The van der Waals surface area contributed by atoms with E-state index in [2.05, 4.69) is 5.32 Å². The fourth-order valence-electron chi connectivity index (χ4n) is 1.78. The summed E-state index contributed by atoms with van der Waals surface area (Å²) >= 11 is 0. The Morgan fingerprint density at radius 1 is 1.12 bits per heavy atom. The van der Waals surface area contributed by atoms with Crippen LogP contribution in [0, 0.1) is 0 Å². The van der Waals surface area contributed by atoms with Gasteiger partial charge in [-0.2, -0.15) is 0 Å². The normalized spacial score (nSPS) is 66.0. The highest BCUT2D eigenvalue weighted by Gasteiger charge is 2.54. The molecule has 2 saturated heterocycles. The van der Waals surface area contributed by atoms with Crippen molar-refractivity contribution in [3.05, 3.63) is 0 Å². The molecular weight excluding hydrogens is 102 g/mol. The summed E-state index contributed by atoms with van der Waals surface area (Å²) in [5.41, 5.74) is 0. The van der Waals surface area contributed by atoms with Crippen molar-refractivity contribution in [2.45, 2.75) is 37.1 Å². The molecule has 2 heteroatoms. The summed E-state index contributed by atoms with van der Waals surface area (Å²) < 4.78 is 5.34. The van der Waals surface area contributed by atoms with Gasteiger partial charge in [0.1, 0.15) is 0 Å². The first kappa shape index (κ1) is 3.85. The molecular formula is C6H9NO. The van der Waals surface area contributed by atoms with Gasteiger partial charge in [0.2, 0.25) is 0 Å². The van der Waals surface area contributed by atoms with Crippen LogP contribution in [0.5, 0.6) is 0 Å². The molecule has 0 aromatic rings. The van der Waals surface area contributed by atoms with Crippen molar-refractivity contribution in [2.75, 3.05) is 0 Å². The SMILES string of the molecule is C1[C@@H]2N[C@@H]2C[C@H]2O[C@@H]12. The second-order valence-electron chi connectivity index (χ2n) is 3.06. The molecule has 3 aliphatic rings. The average Bonchev–Trinajstić information content (AvgIpc) is 2.45. The first-order chi connectivity index (χ1) is 3.93. The van der Waals surface area contributed by atoms with Gasteiger partial charge in [-0.15, -0.1) is 0 Å². The summed E-state index contributed by atoms with van der Waals surface area (Å²) in [7, 11) is 0. The molecule has 0 unspecified atom stereocenters. The minimum absolute atomic E-state index is 0.659. The van der Waals surface area contributed by atoms with E-state index in [1.54, 1.807) is 0 Å². The van der Waals surface area contributed by atoms with E-state index in [1.807, 2.05) is 0 Å². The van der Waals surface area contributed by atoms with E-state index in [1.165, 1.54) is 12.8 Å². The minimum Gasteiger partial charge on any atom is -0.369 e. The van der Waals surface area contributed by atoms with E-state index >= 15 is 0 Å². The van der Waals surface area contributed by atoms with Crippen molar-refractivity contribution >= 4 is 0 Å². The number of nitrogens with one attached hydrogen (secondary N) is 1. The van der Waals surface area contributed by atoms with Crippen LogP contribution in [0.3, 0.4) is 0 Å². The molecule has 2 heterocycles. The van der Waals surface area contributed by atoms with E-state index in [9.17, 15) is 0 Å². The first-order valence-corrected chi connectivity index (χ1v) is 3.35. The summed E-state index contributed by atoms with van der Waals surface area (Å²) in [6.45, 7) is 0. The number of epoxide rings is 1. The van der Waals surface area contributed by atoms with Gasteiger partial charge in [0.25, 0.3) is 0 Å². The highest BCUT2D eigenvalue weighted by molar-refractivity contribution is 5.11. The zero-order valence-electron chi connectivity index (χ0n) is 4.63. The second kappa shape index (κ2) is 0.957. The highest BCUT2D eigenvalue weighted by atomic mass is 16.6. The minimum atomic E-state index is 0.659. The predicted octanol–water partition coefficient (Wildman–Crippen LogP) is -0.112. The Hall–Kier alpha value is -0.0800. The third-order valence-corrected chi connectivity index (χ3v) is 2.46. The van der Waals surface area contributed by atoms with Crippen LogP contribution in [0.1, 0.15) is 12.8 Å². The molecule has 0 amide bonds. The van der Waals surface area contributed by atoms with Crippen molar-refractivity contribution in [1.82, 2.24) is 5.32 Å². The van der Waals surface area contributed by atoms with Gasteiger partial charge in [-0.1, -0.05) is 0 Å². The monoisotopic (exact) mass is 111 g/mol. The largest absolute Gasteiger partial charge is 0.369 e. The molecule has 2 nitrogen and oxygen atoms in total. The van der Waals surface area contributed by atoms with Crippen LogP contribution in [0.15, 0.2) is 0 Å². The number of ether oxygens (including phenoxy) is 1. The van der Waals surface area contributed by atoms with Gasteiger partial charge in [-0.05, 0) is 12.8 Å². The summed E-state index contributed by atoms with van der Waals surface area (Å²) in [5, 5.41) is 3.41. The molecule has 1 N–H and O–H groups in total. The molecule has 3 fully saturated rings. The Morgan fingerprint density at radius 2 is 1.75 bits per heavy atom.